The lowest BCUT2D eigenvalue weighted by Gasteiger charge is -2.23. The molecule has 0 radical (unpaired) electrons. The molecule has 2 nitrogen and oxygen atoms in total. The average Bonchev–Trinajstić information content (AvgIpc) is 2.49. The molecule has 1 aromatic carbocycles. The summed E-state index contributed by atoms with van der Waals surface area (Å²) in [6.07, 6.45) is 2.00. The summed E-state index contributed by atoms with van der Waals surface area (Å²) in [6.45, 7) is 12.5. The highest BCUT2D eigenvalue weighted by molar-refractivity contribution is 9.09. The second kappa shape index (κ2) is 9.34. The van der Waals surface area contributed by atoms with Crippen LogP contribution in [0.3, 0.4) is 0 Å². The molecule has 0 saturated carbocycles. The first kappa shape index (κ1) is 18.3. The van der Waals surface area contributed by atoms with Crippen LogP contribution < -0.4 is 9.47 Å². The van der Waals surface area contributed by atoms with Gasteiger partial charge in [0.1, 0.15) is 0 Å². The molecule has 0 amide bonds. The first-order valence-corrected chi connectivity index (χ1v) is 8.96. The summed E-state index contributed by atoms with van der Waals surface area (Å²) in [5.74, 6) is 2.91. The fraction of sp³-hybridized carbons (Fsp3) is 0.667. The van der Waals surface area contributed by atoms with Gasteiger partial charge in [-0.1, -0.05) is 56.6 Å². The minimum Gasteiger partial charge on any atom is -0.490 e. The summed E-state index contributed by atoms with van der Waals surface area (Å²) in [6, 6.07) is 6.30. The Labute approximate surface area is 138 Å². The summed E-state index contributed by atoms with van der Waals surface area (Å²) in [5.41, 5.74) is 1.26. The van der Waals surface area contributed by atoms with Crippen LogP contribution in [-0.4, -0.2) is 13.2 Å². The van der Waals surface area contributed by atoms with Crippen LogP contribution in [0.1, 0.15) is 57.9 Å². The molecule has 0 aliphatic carbocycles. The predicted octanol–water partition coefficient (Wildman–Crippen LogP) is 5.99. The molecule has 0 aromatic heterocycles. The van der Waals surface area contributed by atoms with Crippen molar-refractivity contribution < 1.29 is 9.47 Å². The highest BCUT2D eigenvalue weighted by Crippen LogP contribution is 2.39. The van der Waals surface area contributed by atoms with Gasteiger partial charge in [0.25, 0.3) is 0 Å². The smallest absolute Gasteiger partial charge is 0.161 e. The lowest BCUT2D eigenvalue weighted by Crippen LogP contribution is -2.11. The summed E-state index contributed by atoms with van der Waals surface area (Å²) in [4.78, 5) is 0.335. The lowest BCUT2D eigenvalue weighted by molar-refractivity contribution is 0.268. The molecule has 0 bridgehead atoms. The molecule has 3 heteroatoms. The Morgan fingerprint density at radius 2 is 1.52 bits per heavy atom. The van der Waals surface area contributed by atoms with E-state index in [0.717, 1.165) is 37.6 Å². The van der Waals surface area contributed by atoms with Gasteiger partial charge in [-0.3, -0.25) is 0 Å². The van der Waals surface area contributed by atoms with E-state index in [9.17, 15) is 0 Å². The van der Waals surface area contributed by atoms with Crippen molar-refractivity contribution in [2.45, 2.75) is 52.3 Å². The normalized spacial score (nSPS) is 14.0. The van der Waals surface area contributed by atoms with E-state index in [0.29, 0.717) is 16.7 Å². The molecule has 0 aliphatic rings. The Balaban J connectivity index is 2.96. The van der Waals surface area contributed by atoms with Gasteiger partial charge in [-0.15, -0.1) is 0 Å². The van der Waals surface area contributed by atoms with Gasteiger partial charge in [-0.05, 0) is 42.4 Å². The van der Waals surface area contributed by atoms with E-state index in [1.807, 2.05) is 6.07 Å². The summed E-state index contributed by atoms with van der Waals surface area (Å²) < 4.78 is 11.7. The third-order valence-electron chi connectivity index (χ3n) is 3.72. The minimum absolute atomic E-state index is 0.335. The molecule has 0 saturated heterocycles. The Kier molecular flexibility index (Phi) is 8.16. The molecular formula is C18H29BrO2. The molecule has 0 aliphatic heterocycles. The van der Waals surface area contributed by atoms with Crippen LogP contribution in [0.25, 0.3) is 0 Å². The SMILES string of the molecule is CCCOc1ccc(C(Br)C(C)C(C)C)cc1OCCC. The van der Waals surface area contributed by atoms with E-state index in [1.165, 1.54) is 5.56 Å². The maximum absolute atomic E-state index is 5.87. The van der Waals surface area contributed by atoms with Crippen LogP contribution in [0.2, 0.25) is 0 Å². The molecule has 2 atom stereocenters. The van der Waals surface area contributed by atoms with Gasteiger partial charge in [0.05, 0.1) is 13.2 Å². The Hall–Kier alpha value is -0.700. The maximum atomic E-state index is 5.87. The van der Waals surface area contributed by atoms with Gasteiger partial charge < -0.3 is 9.47 Å². The molecule has 1 aromatic rings. The second-order valence-electron chi connectivity index (χ2n) is 5.91. The van der Waals surface area contributed by atoms with E-state index in [4.69, 9.17) is 9.47 Å². The number of alkyl halides is 1. The average molecular weight is 357 g/mol. The van der Waals surface area contributed by atoms with Crippen molar-refractivity contribution in [2.24, 2.45) is 11.8 Å². The molecule has 0 N–H and O–H groups in total. The van der Waals surface area contributed by atoms with Gasteiger partial charge in [-0.2, -0.15) is 0 Å². The molecule has 21 heavy (non-hydrogen) atoms. The zero-order valence-corrected chi connectivity index (χ0v) is 15.6. The van der Waals surface area contributed by atoms with Crippen LogP contribution in [-0.2, 0) is 0 Å². The Morgan fingerprint density at radius 1 is 0.952 bits per heavy atom. The number of hydrogen-bond acceptors (Lipinski definition) is 2. The molecule has 120 valence electrons. The molecule has 0 fully saturated rings. The van der Waals surface area contributed by atoms with E-state index in [1.54, 1.807) is 0 Å². The van der Waals surface area contributed by atoms with Crippen LogP contribution in [0.15, 0.2) is 18.2 Å². The zero-order valence-electron chi connectivity index (χ0n) is 14.0. The molecular weight excluding hydrogens is 328 g/mol. The largest absolute Gasteiger partial charge is 0.490 e. The fourth-order valence-corrected chi connectivity index (χ4v) is 2.89. The van der Waals surface area contributed by atoms with Crippen LogP contribution >= 0.6 is 15.9 Å². The third kappa shape index (κ3) is 5.54. The van der Waals surface area contributed by atoms with Crippen molar-refractivity contribution in [3.63, 3.8) is 0 Å². The standard InChI is InChI=1S/C18H29BrO2/c1-6-10-20-16-9-8-15(12-17(16)21-11-7-2)18(19)14(5)13(3)4/h8-9,12-14,18H,6-7,10-11H2,1-5H3. The molecule has 0 spiro atoms. The number of ether oxygens (including phenoxy) is 2. The van der Waals surface area contributed by atoms with Gasteiger partial charge in [0, 0.05) is 4.83 Å². The number of hydrogen-bond donors (Lipinski definition) is 0. The maximum Gasteiger partial charge on any atom is 0.161 e. The molecule has 2 unspecified atom stereocenters. The monoisotopic (exact) mass is 356 g/mol. The number of benzene rings is 1. The van der Waals surface area contributed by atoms with E-state index in [2.05, 4.69) is 62.7 Å². The van der Waals surface area contributed by atoms with Crippen molar-refractivity contribution in [3.8, 4) is 11.5 Å². The summed E-state index contributed by atoms with van der Waals surface area (Å²) in [7, 11) is 0. The van der Waals surface area contributed by atoms with Crippen molar-refractivity contribution in [3.05, 3.63) is 23.8 Å². The van der Waals surface area contributed by atoms with Crippen LogP contribution in [0.4, 0.5) is 0 Å². The van der Waals surface area contributed by atoms with E-state index < -0.39 is 0 Å². The topological polar surface area (TPSA) is 18.5 Å². The third-order valence-corrected chi connectivity index (χ3v) is 5.09. The molecule has 0 heterocycles. The van der Waals surface area contributed by atoms with Crippen molar-refractivity contribution in [1.82, 2.24) is 0 Å². The van der Waals surface area contributed by atoms with Gasteiger partial charge in [0.15, 0.2) is 11.5 Å². The second-order valence-corrected chi connectivity index (χ2v) is 6.89. The van der Waals surface area contributed by atoms with Gasteiger partial charge in [0.2, 0.25) is 0 Å². The van der Waals surface area contributed by atoms with Crippen LogP contribution in [0, 0.1) is 11.8 Å². The quantitative estimate of drug-likeness (QED) is 0.505. The predicted molar refractivity (Wildman–Crippen MR) is 93.7 cm³/mol. The van der Waals surface area contributed by atoms with Gasteiger partial charge in [-0.25, -0.2) is 0 Å². The van der Waals surface area contributed by atoms with E-state index in [-0.39, 0.29) is 0 Å². The van der Waals surface area contributed by atoms with E-state index >= 15 is 0 Å². The summed E-state index contributed by atoms with van der Waals surface area (Å²) >= 11 is 3.84. The Morgan fingerprint density at radius 3 is 2.05 bits per heavy atom. The van der Waals surface area contributed by atoms with Crippen molar-refractivity contribution in [2.75, 3.05) is 13.2 Å². The first-order valence-electron chi connectivity index (χ1n) is 8.04. The first-order chi connectivity index (χ1) is 10.0. The summed E-state index contributed by atoms with van der Waals surface area (Å²) in [5, 5.41) is 0. The number of rotatable bonds is 9. The highest BCUT2D eigenvalue weighted by Gasteiger charge is 2.20. The molecule has 1 rings (SSSR count). The number of halogens is 1. The highest BCUT2D eigenvalue weighted by atomic mass is 79.9. The lowest BCUT2D eigenvalue weighted by atomic mass is 9.91. The Bertz CT molecular complexity index is 418. The minimum atomic E-state index is 0.335. The fourth-order valence-electron chi connectivity index (χ4n) is 1.99. The van der Waals surface area contributed by atoms with Gasteiger partial charge >= 0.3 is 0 Å². The van der Waals surface area contributed by atoms with Crippen molar-refractivity contribution in [1.29, 1.82) is 0 Å². The van der Waals surface area contributed by atoms with Crippen LogP contribution in [0.5, 0.6) is 11.5 Å². The zero-order chi connectivity index (χ0) is 15.8. The van der Waals surface area contributed by atoms with Crippen molar-refractivity contribution >= 4 is 15.9 Å².